The highest BCUT2D eigenvalue weighted by atomic mass is 32.2. The summed E-state index contributed by atoms with van der Waals surface area (Å²) >= 11 is 0. The summed E-state index contributed by atoms with van der Waals surface area (Å²) in [5.41, 5.74) is 7.49. The third-order valence-electron chi connectivity index (χ3n) is 3.37. The average molecular weight is 239 g/mol. The summed E-state index contributed by atoms with van der Waals surface area (Å²) in [5.74, 6) is 0. The van der Waals surface area contributed by atoms with Gasteiger partial charge in [-0.15, -0.1) is 0 Å². The zero-order chi connectivity index (χ0) is 12.0. The summed E-state index contributed by atoms with van der Waals surface area (Å²) in [6, 6.07) is 5.45. The molecule has 1 aliphatic carbocycles. The maximum atomic E-state index is 12.4. The van der Waals surface area contributed by atoms with Crippen molar-refractivity contribution in [2.24, 2.45) is 5.73 Å². The minimum absolute atomic E-state index is 0.225. The highest BCUT2D eigenvalue weighted by molar-refractivity contribution is 7.93. The van der Waals surface area contributed by atoms with Gasteiger partial charge in [-0.05, 0) is 38.3 Å². The Morgan fingerprint density at radius 2 is 1.94 bits per heavy atom. The van der Waals surface area contributed by atoms with Crippen molar-refractivity contribution in [3.05, 3.63) is 29.3 Å². The fourth-order valence-electron chi connectivity index (χ4n) is 2.06. The van der Waals surface area contributed by atoms with Gasteiger partial charge >= 0.3 is 0 Å². The minimum Gasteiger partial charge on any atom is -0.329 e. The van der Waals surface area contributed by atoms with E-state index in [1.54, 1.807) is 6.07 Å². The predicted octanol–water partition coefficient (Wildman–Crippen LogP) is 1.57. The maximum Gasteiger partial charge on any atom is 0.185 e. The lowest BCUT2D eigenvalue weighted by Gasteiger charge is -2.16. The van der Waals surface area contributed by atoms with Crippen molar-refractivity contribution < 1.29 is 8.42 Å². The van der Waals surface area contributed by atoms with E-state index in [9.17, 15) is 8.42 Å². The maximum absolute atomic E-state index is 12.4. The van der Waals surface area contributed by atoms with Crippen molar-refractivity contribution in [2.75, 3.05) is 6.54 Å². The molecule has 0 bridgehead atoms. The fraction of sp³-hybridized carbons (Fsp3) is 0.500. The monoisotopic (exact) mass is 239 g/mol. The van der Waals surface area contributed by atoms with Crippen LogP contribution in [0.3, 0.4) is 0 Å². The zero-order valence-electron chi connectivity index (χ0n) is 9.66. The molecule has 0 aromatic heterocycles. The average Bonchev–Trinajstić information content (AvgIpc) is 2.97. The smallest absolute Gasteiger partial charge is 0.185 e. The molecule has 0 aliphatic heterocycles. The molecule has 1 aromatic rings. The van der Waals surface area contributed by atoms with Crippen LogP contribution in [-0.4, -0.2) is 19.7 Å². The second kappa shape index (κ2) is 3.57. The molecule has 2 N–H and O–H groups in total. The van der Waals surface area contributed by atoms with E-state index in [1.807, 2.05) is 26.0 Å². The van der Waals surface area contributed by atoms with Crippen LogP contribution in [0.4, 0.5) is 0 Å². The molecule has 16 heavy (non-hydrogen) atoms. The number of sulfone groups is 1. The van der Waals surface area contributed by atoms with Crippen molar-refractivity contribution in [1.82, 2.24) is 0 Å². The molecule has 0 amide bonds. The quantitative estimate of drug-likeness (QED) is 0.871. The topological polar surface area (TPSA) is 60.2 Å². The summed E-state index contributed by atoms with van der Waals surface area (Å²) in [7, 11) is -3.25. The van der Waals surface area contributed by atoms with E-state index in [1.165, 1.54) is 0 Å². The second-order valence-corrected chi connectivity index (χ2v) is 6.97. The molecular formula is C12H17NO2S. The molecule has 3 nitrogen and oxygen atoms in total. The first-order valence-corrected chi connectivity index (χ1v) is 6.93. The van der Waals surface area contributed by atoms with E-state index in [0.29, 0.717) is 17.7 Å². The molecule has 4 heteroatoms. The summed E-state index contributed by atoms with van der Waals surface area (Å²) in [5, 5.41) is 0. The van der Waals surface area contributed by atoms with Crippen LogP contribution in [0, 0.1) is 13.8 Å². The van der Waals surface area contributed by atoms with Crippen LogP contribution >= 0.6 is 0 Å². The molecule has 0 saturated heterocycles. The minimum atomic E-state index is -3.25. The molecular weight excluding hydrogens is 222 g/mol. The van der Waals surface area contributed by atoms with Gasteiger partial charge in [0.2, 0.25) is 0 Å². The van der Waals surface area contributed by atoms with Gasteiger partial charge in [-0.25, -0.2) is 8.42 Å². The SMILES string of the molecule is Cc1ccc(S(=O)(=O)C2(CN)CC2)c(C)c1. The van der Waals surface area contributed by atoms with Crippen molar-refractivity contribution in [1.29, 1.82) is 0 Å². The lowest BCUT2D eigenvalue weighted by Crippen LogP contribution is -2.32. The van der Waals surface area contributed by atoms with Crippen molar-refractivity contribution >= 4 is 9.84 Å². The highest BCUT2D eigenvalue weighted by Gasteiger charge is 2.54. The third kappa shape index (κ3) is 1.57. The van der Waals surface area contributed by atoms with Gasteiger partial charge in [0.05, 0.1) is 9.64 Å². The summed E-state index contributed by atoms with van der Waals surface area (Å²) in [6.45, 7) is 4.02. The molecule has 1 aromatic carbocycles. The van der Waals surface area contributed by atoms with Gasteiger partial charge in [0.25, 0.3) is 0 Å². The summed E-state index contributed by atoms with van der Waals surface area (Å²) in [4.78, 5) is 0.445. The van der Waals surface area contributed by atoms with Crippen LogP contribution in [0.25, 0.3) is 0 Å². The van der Waals surface area contributed by atoms with Gasteiger partial charge < -0.3 is 5.73 Å². The summed E-state index contributed by atoms with van der Waals surface area (Å²) < 4.78 is 24.1. The van der Waals surface area contributed by atoms with Crippen LogP contribution in [-0.2, 0) is 9.84 Å². The Hall–Kier alpha value is -0.870. The highest BCUT2D eigenvalue weighted by Crippen LogP contribution is 2.46. The Kier molecular flexibility index (Phi) is 2.59. The van der Waals surface area contributed by atoms with E-state index in [-0.39, 0.29) is 6.54 Å². The lowest BCUT2D eigenvalue weighted by atomic mass is 10.2. The molecule has 0 spiro atoms. The van der Waals surface area contributed by atoms with Crippen molar-refractivity contribution in [3.63, 3.8) is 0 Å². The van der Waals surface area contributed by atoms with Crippen molar-refractivity contribution in [3.8, 4) is 0 Å². The number of benzene rings is 1. The Morgan fingerprint density at radius 1 is 1.31 bits per heavy atom. The van der Waals surface area contributed by atoms with E-state index >= 15 is 0 Å². The van der Waals surface area contributed by atoms with Gasteiger partial charge in [0.1, 0.15) is 0 Å². The molecule has 0 heterocycles. The second-order valence-electron chi connectivity index (χ2n) is 4.66. The Bertz CT molecular complexity index is 516. The fourth-order valence-corrected chi connectivity index (χ4v) is 4.11. The van der Waals surface area contributed by atoms with Gasteiger partial charge in [-0.1, -0.05) is 17.7 Å². The van der Waals surface area contributed by atoms with E-state index < -0.39 is 14.6 Å². The summed E-state index contributed by atoms with van der Waals surface area (Å²) in [6.07, 6.45) is 1.39. The van der Waals surface area contributed by atoms with Gasteiger partial charge in [0, 0.05) is 6.54 Å². The van der Waals surface area contributed by atoms with Crippen molar-refractivity contribution in [2.45, 2.75) is 36.3 Å². The van der Waals surface area contributed by atoms with Gasteiger partial charge in [-0.2, -0.15) is 0 Å². The molecule has 2 rings (SSSR count). The van der Waals surface area contributed by atoms with Crippen LogP contribution in [0.15, 0.2) is 23.1 Å². The molecule has 0 radical (unpaired) electrons. The molecule has 88 valence electrons. The van der Waals surface area contributed by atoms with E-state index in [0.717, 1.165) is 11.1 Å². The van der Waals surface area contributed by atoms with Gasteiger partial charge in [0.15, 0.2) is 9.84 Å². The van der Waals surface area contributed by atoms with Crippen LogP contribution in [0.1, 0.15) is 24.0 Å². The number of rotatable bonds is 3. The zero-order valence-corrected chi connectivity index (χ0v) is 10.5. The predicted molar refractivity (Wildman–Crippen MR) is 64.1 cm³/mol. The number of hydrogen-bond acceptors (Lipinski definition) is 3. The molecule has 0 unspecified atom stereocenters. The first kappa shape index (κ1) is 11.6. The number of hydrogen-bond donors (Lipinski definition) is 1. The number of aryl methyl sites for hydroxylation is 2. The molecule has 1 saturated carbocycles. The lowest BCUT2D eigenvalue weighted by molar-refractivity contribution is 0.576. The largest absolute Gasteiger partial charge is 0.329 e. The molecule has 1 aliphatic rings. The molecule has 0 atom stereocenters. The first-order chi connectivity index (χ1) is 7.43. The third-order valence-corrected chi connectivity index (χ3v) is 6.12. The van der Waals surface area contributed by atoms with Crippen LogP contribution < -0.4 is 5.73 Å². The first-order valence-electron chi connectivity index (χ1n) is 5.45. The Morgan fingerprint density at radius 3 is 2.38 bits per heavy atom. The normalized spacial score (nSPS) is 18.4. The van der Waals surface area contributed by atoms with Crippen LogP contribution in [0.2, 0.25) is 0 Å². The van der Waals surface area contributed by atoms with E-state index in [4.69, 9.17) is 5.73 Å². The Labute approximate surface area is 96.6 Å². The number of nitrogens with two attached hydrogens (primary N) is 1. The van der Waals surface area contributed by atoms with E-state index in [2.05, 4.69) is 0 Å². The standard InChI is InChI=1S/C12H17NO2S/c1-9-3-4-11(10(2)7-9)16(14,15)12(8-13)5-6-12/h3-4,7H,5-6,8,13H2,1-2H3. The molecule has 1 fully saturated rings. The van der Waals surface area contributed by atoms with Gasteiger partial charge in [-0.3, -0.25) is 0 Å². The Balaban J connectivity index is 2.52. The van der Waals surface area contributed by atoms with Crippen LogP contribution in [0.5, 0.6) is 0 Å².